The van der Waals surface area contributed by atoms with Crippen LogP contribution in [0.15, 0.2) is 11.6 Å². The van der Waals surface area contributed by atoms with Crippen LogP contribution in [0.3, 0.4) is 0 Å². The summed E-state index contributed by atoms with van der Waals surface area (Å²) in [7, 11) is 0. The average molecular weight is 180 g/mol. The summed E-state index contributed by atoms with van der Waals surface area (Å²) in [5.41, 5.74) is 6.93. The molecule has 0 bridgehead atoms. The van der Waals surface area contributed by atoms with Crippen molar-refractivity contribution < 1.29 is 0 Å². The standard InChI is InChI=1S/C7H8N4S/c1-4-5(6(8)9)11-2-3-12-7(11)10-4/h2-3H,1H3,(H3,8,9). The predicted molar refractivity (Wildman–Crippen MR) is 48.8 cm³/mol. The van der Waals surface area contributed by atoms with Gasteiger partial charge in [-0.1, -0.05) is 0 Å². The lowest BCUT2D eigenvalue weighted by molar-refractivity contribution is 1.17. The number of aryl methyl sites for hydroxylation is 1. The maximum absolute atomic E-state index is 7.34. The number of amidine groups is 1. The van der Waals surface area contributed by atoms with Crippen LogP contribution < -0.4 is 5.73 Å². The lowest BCUT2D eigenvalue weighted by Crippen LogP contribution is -2.14. The van der Waals surface area contributed by atoms with E-state index in [1.165, 1.54) is 11.3 Å². The van der Waals surface area contributed by atoms with Crippen LogP contribution >= 0.6 is 11.3 Å². The molecule has 0 fully saturated rings. The molecule has 0 aliphatic rings. The molecule has 2 aromatic heterocycles. The van der Waals surface area contributed by atoms with Crippen LogP contribution in [0.25, 0.3) is 4.96 Å². The molecule has 3 N–H and O–H groups in total. The monoisotopic (exact) mass is 180 g/mol. The highest BCUT2D eigenvalue weighted by Gasteiger charge is 2.10. The molecule has 0 aliphatic carbocycles. The van der Waals surface area contributed by atoms with Crippen LogP contribution in [0, 0.1) is 12.3 Å². The SMILES string of the molecule is Cc1nc2sccn2c1C(=N)N. The van der Waals surface area contributed by atoms with Gasteiger partial charge in [-0.3, -0.25) is 9.81 Å². The quantitative estimate of drug-likeness (QED) is 0.507. The van der Waals surface area contributed by atoms with Crippen molar-refractivity contribution in [2.24, 2.45) is 5.73 Å². The molecular formula is C7H8N4S. The van der Waals surface area contributed by atoms with Gasteiger partial charge in [0.25, 0.3) is 0 Å². The highest BCUT2D eigenvalue weighted by atomic mass is 32.1. The van der Waals surface area contributed by atoms with Gasteiger partial charge in [0.15, 0.2) is 4.96 Å². The van der Waals surface area contributed by atoms with E-state index in [0.29, 0.717) is 5.69 Å². The minimum absolute atomic E-state index is 0.0680. The Balaban J connectivity index is 2.84. The molecule has 0 aliphatic heterocycles. The highest BCUT2D eigenvalue weighted by Crippen LogP contribution is 2.15. The van der Waals surface area contributed by atoms with E-state index in [2.05, 4.69) is 4.98 Å². The van der Waals surface area contributed by atoms with Crippen molar-refractivity contribution in [1.29, 1.82) is 5.41 Å². The number of nitrogens with two attached hydrogens (primary N) is 1. The molecule has 0 atom stereocenters. The van der Waals surface area contributed by atoms with Gasteiger partial charge in [0.2, 0.25) is 0 Å². The second-order valence-corrected chi connectivity index (χ2v) is 3.39. The maximum atomic E-state index is 7.34. The predicted octanol–water partition coefficient (Wildman–Crippen LogP) is 0.988. The molecule has 12 heavy (non-hydrogen) atoms. The molecule has 5 heteroatoms. The lowest BCUT2D eigenvalue weighted by Gasteiger charge is -1.95. The minimum Gasteiger partial charge on any atom is -0.382 e. The van der Waals surface area contributed by atoms with E-state index >= 15 is 0 Å². The Hall–Kier alpha value is -1.36. The molecule has 2 aromatic rings. The molecule has 0 radical (unpaired) electrons. The molecule has 0 amide bonds. The Bertz CT molecular complexity index is 439. The van der Waals surface area contributed by atoms with Crippen molar-refractivity contribution in [1.82, 2.24) is 9.38 Å². The third-order valence-electron chi connectivity index (χ3n) is 1.69. The van der Waals surface area contributed by atoms with Gasteiger partial charge in [-0.25, -0.2) is 4.98 Å². The van der Waals surface area contributed by atoms with Gasteiger partial charge in [0.05, 0.1) is 5.69 Å². The van der Waals surface area contributed by atoms with E-state index in [1.807, 2.05) is 22.9 Å². The first kappa shape index (κ1) is 7.30. The number of rotatable bonds is 1. The fraction of sp³-hybridized carbons (Fsp3) is 0.143. The van der Waals surface area contributed by atoms with Crippen LogP contribution in [0.1, 0.15) is 11.4 Å². The fourth-order valence-electron chi connectivity index (χ4n) is 1.22. The number of nitrogens with zero attached hydrogens (tertiary/aromatic N) is 2. The summed E-state index contributed by atoms with van der Waals surface area (Å²) in [6, 6.07) is 0. The zero-order chi connectivity index (χ0) is 8.72. The zero-order valence-corrected chi connectivity index (χ0v) is 7.35. The maximum Gasteiger partial charge on any atom is 0.194 e. The van der Waals surface area contributed by atoms with E-state index in [-0.39, 0.29) is 5.84 Å². The Morgan fingerprint density at radius 2 is 2.50 bits per heavy atom. The summed E-state index contributed by atoms with van der Waals surface area (Å²) in [5.74, 6) is 0.0680. The van der Waals surface area contributed by atoms with Gasteiger partial charge in [-0.05, 0) is 6.92 Å². The molecule has 0 aromatic carbocycles. The molecule has 2 heterocycles. The van der Waals surface area contributed by atoms with Gasteiger partial charge in [0.1, 0.15) is 11.5 Å². The highest BCUT2D eigenvalue weighted by molar-refractivity contribution is 7.15. The summed E-state index contributed by atoms with van der Waals surface area (Å²) in [6.07, 6.45) is 1.87. The first-order valence-corrected chi connectivity index (χ1v) is 4.34. The van der Waals surface area contributed by atoms with Crippen molar-refractivity contribution in [2.75, 3.05) is 0 Å². The van der Waals surface area contributed by atoms with E-state index in [4.69, 9.17) is 11.1 Å². The molecule has 0 saturated heterocycles. The van der Waals surface area contributed by atoms with Gasteiger partial charge >= 0.3 is 0 Å². The fourth-order valence-corrected chi connectivity index (χ4v) is 1.98. The zero-order valence-electron chi connectivity index (χ0n) is 6.53. The van der Waals surface area contributed by atoms with Crippen LogP contribution in [-0.4, -0.2) is 15.2 Å². The second kappa shape index (κ2) is 2.31. The number of imidazole rings is 1. The summed E-state index contributed by atoms with van der Waals surface area (Å²) >= 11 is 1.54. The summed E-state index contributed by atoms with van der Waals surface area (Å²) in [6.45, 7) is 1.86. The number of nitrogens with one attached hydrogen (secondary N) is 1. The van der Waals surface area contributed by atoms with Crippen molar-refractivity contribution in [3.8, 4) is 0 Å². The van der Waals surface area contributed by atoms with E-state index in [9.17, 15) is 0 Å². The number of aromatic nitrogens is 2. The Labute approximate surface area is 73.2 Å². The van der Waals surface area contributed by atoms with Gasteiger partial charge < -0.3 is 5.73 Å². The van der Waals surface area contributed by atoms with Crippen molar-refractivity contribution in [3.05, 3.63) is 23.0 Å². The van der Waals surface area contributed by atoms with E-state index < -0.39 is 0 Å². The largest absolute Gasteiger partial charge is 0.382 e. The molecule has 0 unspecified atom stereocenters. The molecule has 0 spiro atoms. The first-order chi connectivity index (χ1) is 5.70. The van der Waals surface area contributed by atoms with Gasteiger partial charge in [0, 0.05) is 11.6 Å². The van der Waals surface area contributed by atoms with E-state index in [0.717, 1.165) is 10.7 Å². The molecule has 2 rings (SSSR count). The number of fused-ring (bicyclic) bond motifs is 1. The lowest BCUT2D eigenvalue weighted by atomic mass is 10.3. The summed E-state index contributed by atoms with van der Waals surface area (Å²) in [5, 5.41) is 9.26. The summed E-state index contributed by atoms with van der Waals surface area (Å²) < 4.78 is 1.84. The third-order valence-corrected chi connectivity index (χ3v) is 2.45. The van der Waals surface area contributed by atoms with Crippen molar-refractivity contribution in [2.45, 2.75) is 6.92 Å². The normalized spacial score (nSPS) is 10.8. The number of nitrogen functional groups attached to an aromatic ring is 1. The van der Waals surface area contributed by atoms with E-state index in [1.54, 1.807) is 0 Å². The first-order valence-electron chi connectivity index (χ1n) is 3.46. The van der Waals surface area contributed by atoms with Crippen molar-refractivity contribution >= 4 is 22.1 Å². The average Bonchev–Trinajstić information content (AvgIpc) is 2.44. The third kappa shape index (κ3) is 0.831. The number of thiazole rings is 1. The Morgan fingerprint density at radius 1 is 1.75 bits per heavy atom. The van der Waals surface area contributed by atoms with Crippen LogP contribution in [0.2, 0.25) is 0 Å². The van der Waals surface area contributed by atoms with Gasteiger partial charge in [-0.2, -0.15) is 0 Å². The molecule has 4 nitrogen and oxygen atoms in total. The molecular weight excluding hydrogens is 172 g/mol. The Morgan fingerprint density at radius 3 is 3.17 bits per heavy atom. The topological polar surface area (TPSA) is 67.2 Å². The molecule has 0 saturated carbocycles. The number of hydrogen-bond donors (Lipinski definition) is 2. The Kier molecular flexibility index (Phi) is 1.41. The van der Waals surface area contributed by atoms with Crippen LogP contribution in [-0.2, 0) is 0 Å². The van der Waals surface area contributed by atoms with Gasteiger partial charge in [-0.15, -0.1) is 11.3 Å². The van der Waals surface area contributed by atoms with Crippen LogP contribution in [0.5, 0.6) is 0 Å². The number of hydrogen-bond acceptors (Lipinski definition) is 3. The smallest absolute Gasteiger partial charge is 0.194 e. The molecule has 62 valence electrons. The summed E-state index contributed by atoms with van der Waals surface area (Å²) in [4.78, 5) is 5.14. The van der Waals surface area contributed by atoms with Crippen LogP contribution in [0.4, 0.5) is 0 Å². The van der Waals surface area contributed by atoms with Crippen molar-refractivity contribution in [3.63, 3.8) is 0 Å². The minimum atomic E-state index is 0.0680. The second-order valence-electron chi connectivity index (χ2n) is 2.52.